The van der Waals surface area contributed by atoms with Gasteiger partial charge in [0, 0.05) is 24.7 Å². The lowest BCUT2D eigenvalue weighted by Crippen LogP contribution is -2.43. The zero-order chi connectivity index (χ0) is 13.2. The monoisotopic (exact) mass is 259 g/mol. The average Bonchev–Trinajstić information content (AvgIpc) is 2.88. The number of amides is 1. The van der Waals surface area contributed by atoms with Gasteiger partial charge < -0.3 is 15.5 Å². The highest BCUT2D eigenvalue weighted by atomic mass is 16.1. The summed E-state index contributed by atoms with van der Waals surface area (Å²) in [5, 5.41) is 6.46. The minimum Gasteiger partial charge on any atom is -0.349 e. The molecule has 1 aromatic carbocycles. The average molecular weight is 259 g/mol. The molecule has 0 atom stereocenters. The van der Waals surface area contributed by atoms with E-state index >= 15 is 0 Å². The summed E-state index contributed by atoms with van der Waals surface area (Å²) in [5.74, 6) is 0.0734. The number of fused-ring (bicyclic) bond motifs is 1. The molecule has 2 aliphatic rings. The Bertz CT molecular complexity index is 478. The van der Waals surface area contributed by atoms with Gasteiger partial charge in [0.15, 0.2) is 0 Å². The van der Waals surface area contributed by atoms with Crippen molar-refractivity contribution < 1.29 is 4.79 Å². The number of rotatable bonds is 2. The number of piperidine rings is 1. The van der Waals surface area contributed by atoms with Gasteiger partial charge in [-0.3, -0.25) is 4.79 Å². The van der Waals surface area contributed by atoms with E-state index in [2.05, 4.69) is 28.6 Å². The molecule has 0 aliphatic carbocycles. The van der Waals surface area contributed by atoms with Gasteiger partial charge in [-0.2, -0.15) is 0 Å². The molecule has 4 heteroatoms. The molecular weight excluding hydrogens is 238 g/mol. The number of carbonyl (C=O) groups excluding carboxylic acids is 1. The van der Waals surface area contributed by atoms with Gasteiger partial charge >= 0.3 is 0 Å². The highest BCUT2D eigenvalue weighted by Crippen LogP contribution is 2.17. The lowest BCUT2D eigenvalue weighted by Gasteiger charge is -2.29. The van der Waals surface area contributed by atoms with E-state index in [9.17, 15) is 4.79 Å². The summed E-state index contributed by atoms with van der Waals surface area (Å²) < 4.78 is 0. The van der Waals surface area contributed by atoms with Crippen LogP contribution in [0.3, 0.4) is 0 Å². The van der Waals surface area contributed by atoms with Crippen LogP contribution in [-0.4, -0.2) is 37.0 Å². The van der Waals surface area contributed by atoms with Gasteiger partial charge in [-0.25, -0.2) is 0 Å². The molecule has 3 rings (SSSR count). The van der Waals surface area contributed by atoms with Crippen molar-refractivity contribution >= 4 is 5.91 Å². The minimum atomic E-state index is 0.0734. The Kier molecular flexibility index (Phi) is 3.53. The van der Waals surface area contributed by atoms with E-state index in [-0.39, 0.29) is 5.91 Å². The molecule has 0 saturated carbocycles. The van der Waals surface area contributed by atoms with Crippen LogP contribution in [0.5, 0.6) is 0 Å². The molecule has 1 fully saturated rings. The van der Waals surface area contributed by atoms with Crippen molar-refractivity contribution in [1.82, 2.24) is 15.5 Å². The Labute approximate surface area is 114 Å². The molecule has 0 aromatic heterocycles. The Hall–Kier alpha value is -1.39. The van der Waals surface area contributed by atoms with Gasteiger partial charge in [0.2, 0.25) is 0 Å². The van der Waals surface area contributed by atoms with Crippen LogP contribution in [0.4, 0.5) is 0 Å². The van der Waals surface area contributed by atoms with Crippen LogP contribution in [-0.2, 0) is 13.1 Å². The van der Waals surface area contributed by atoms with Gasteiger partial charge in [0.05, 0.1) is 0 Å². The summed E-state index contributed by atoms with van der Waals surface area (Å²) >= 11 is 0. The molecule has 2 aliphatic heterocycles. The highest BCUT2D eigenvalue weighted by Gasteiger charge is 2.20. The number of hydrogen-bond acceptors (Lipinski definition) is 3. The molecule has 1 amide bonds. The number of likely N-dealkylation sites (tertiary alicyclic amines) is 1. The molecule has 0 spiro atoms. The summed E-state index contributed by atoms with van der Waals surface area (Å²) in [6.07, 6.45) is 2.10. The maximum Gasteiger partial charge on any atom is 0.251 e. The van der Waals surface area contributed by atoms with Crippen molar-refractivity contribution in [3.05, 3.63) is 34.9 Å². The van der Waals surface area contributed by atoms with E-state index in [4.69, 9.17) is 0 Å². The van der Waals surface area contributed by atoms with Crippen LogP contribution in [0.2, 0.25) is 0 Å². The van der Waals surface area contributed by atoms with Gasteiger partial charge in [0.1, 0.15) is 0 Å². The van der Waals surface area contributed by atoms with E-state index < -0.39 is 0 Å². The second-order valence-corrected chi connectivity index (χ2v) is 5.64. The Morgan fingerprint density at radius 2 is 2.00 bits per heavy atom. The van der Waals surface area contributed by atoms with Crippen LogP contribution in [0, 0.1) is 0 Å². The normalized spacial score (nSPS) is 20.3. The van der Waals surface area contributed by atoms with Crippen molar-refractivity contribution in [2.45, 2.75) is 32.0 Å². The lowest BCUT2D eigenvalue weighted by molar-refractivity contribution is 0.0917. The second kappa shape index (κ2) is 5.31. The Morgan fingerprint density at radius 3 is 2.79 bits per heavy atom. The molecule has 1 saturated heterocycles. The first-order chi connectivity index (χ1) is 9.22. The van der Waals surface area contributed by atoms with E-state index in [0.29, 0.717) is 6.04 Å². The predicted molar refractivity (Wildman–Crippen MR) is 75.0 cm³/mol. The molecule has 0 bridgehead atoms. The molecule has 4 nitrogen and oxygen atoms in total. The summed E-state index contributed by atoms with van der Waals surface area (Å²) in [4.78, 5) is 14.6. The van der Waals surface area contributed by atoms with E-state index in [0.717, 1.165) is 44.6 Å². The quantitative estimate of drug-likeness (QED) is 0.836. The fourth-order valence-electron chi connectivity index (χ4n) is 2.86. The first-order valence-electron chi connectivity index (χ1n) is 7.04. The number of hydrogen-bond donors (Lipinski definition) is 2. The van der Waals surface area contributed by atoms with E-state index in [1.165, 1.54) is 11.1 Å². The van der Waals surface area contributed by atoms with E-state index in [1.807, 2.05) is 12.1 Å². The maximum atomic E-state index is 12.2. The number of nitrogens with one attached hydrogen (secondary N) is 2. The molecule has 2 heterocycles. The summed E-state index contributed by atoms with van der Waals surface area (Å²) in [5.41, 5.74) is 3.37. The minimum absolute atomic E-state index is 0.0734. The van der Waals surface area contributed by atoms with E-state index in [1.54, 1.807) is 0 Å². The van der Waals surface area contributed by atoms with Crippen molar-refractivity contribution in [3.63, 3.8) is 0 Å². The Morgan fingerprint density at radius 1 is 1.26 bits per heavy atom. The first-order valence-corrected chi connectivity index (χ1v) is 7.04. The number of nitrogens with zero attached hydrogens (tertiary/aromatic N) is 1. The summed E-state index contributed by atoms with van der Waals surface area (Å²) in [7, 11) is 2.13. The van der Waals surface area contributed by atoms with Crippen molar-refractivity contribution in [1.29, 1.82) is 0 Å². The molecule has 1 aromatic rings. The van der Waals surface area contributed by atoms with Crippen LogP contribution in [0.25, 0.3) is 0 Å². The third-order valence-electron chi connectivity index (χ3n) is 4.15. The third kappa shape index (κ3) is 2.80. The molecule has 19 heavy (non-hydrogen) atoms. The van der Waals surface area contributed by atoms with Gasteiger partial charge in [-0.05, 0) is 56.2 Å². The highest BCUT2D eigenvalue weighted by molar-refractivity contribution is 5.94. The maximum absolute atomic E-state index is 12.2. The largest absolute Gasteiger partial charge is 0.349 e. The van der Waals surface area contributed by atoms with Crippen LogP contribution >= 0.6 is 0 Å². The van der Waals surface area contributed by atoms with Crippen LogP contribution < -0.4 is 10.6 Å². The zero-order valence-corrected chi connectivity index (χ0v) is 11.4. The summed E-state index contributed by atoms with van der Waals surface area (Å²) in [6.45, 7) is 3.94. The van der Waals surface area contributed by atoms with Gasteiger partial charge in [-0.15, -0.1) is 0 Å². The Balaban J connectivity index is 1.64. The standard InChI is InChI=1S/C15H21N3O/c1-18-6-4-14(5-7-18)17-15(19)11-2-3-12-9-16-10-13(12)8-11/h2-3,8,14,16H,4-7,9-10H2,1H3,(H,17,19). The SMILES string of the molecule is CN1CCC(NC(=O)c2ccc3c(c2)CNC3)CC1. The zero-order valence-electron chi connectivity index (χ0n) is 11.4. The van der Waals surface area contributed by atoms with Crippen molar-refractivity contribution in [2.75, 3.05) is 20.1 Å². The fourth-order valence-corrected chi connectivity index (χ4v) is 2.86. The predicted octanol–water partition coefficient (Wildman–Crippen LogP) is 1.11. The molecule has 0 radical (unpaired) electrons. The third-order valence-corrected chi connectivity index (χ3v) is 4.15. The van der Waals surface area contributed by atoms with Crippen LogP contribution in [0.1, 0.15) is 34.3 Å². The van der Waals surface area contributed by atoms with Crippen LogP contribution in [0.15, 0.2) is 18.2 Å². The van der Waals surface area contributed by atoms with Crippen molar-refractivity contribution in [3.8, 4) is 0 Å². The van der Waals surface area contributed by atoms with Gasteiger partial charge in [0.25, 0.3) is 5.91 Å². The number of benzene rings is 1. The molecule has 2 N–H and O–H groups in total. The smallest absolute Gasteiger partial charge is 0.251 e. The topological polar surface area (TPSA) is 44.4 Å². The van der Waals surface area contributed by atoms with Gasteiger partial charge in [-0.1, -0.05) is 6.07 Å². The number of carbonyl (C=O) groups is 1. The molecule has 102 valence electrons. The molecular formula is C15H21N3O. The second-order valence-electron chi connectivity index (χ2n) is 5.64. The molecule has 0 unspecified atom stereocenters. The first kappa shape index (κ1) is 12.6. The summed E-state index contributed by atoms with van der Waals surface area (Å²) in [6, 6.07) is 6.37. The van der Waals surface area contributed by atoms with Crippen molar-refractivity contribution in [2.24, 2.45) is 0 Å². The fraction of sp³-hybridized carbons (Fsp3) is 0.533. The lowest BCUT2D eigenvalue weighted by atomic mass is 10.0.